The monoisotopic (exact) mass is 436 g/mol. The van der Waals surface area contributed by atoms with E-state index < -0.39 is 9.84 Å². The summed E-state index contributed by atoms with van der Waals surface area (Å²) >= 11 is 0. The molecule has 3 aliphatic rings. The number of hydrogen-bond donors (Lipinski definition) is 1. The first kappa shape index (κ1) is 21.0. The van der Waals surface area contributed by atoms with Crippen molar-refractivity contribution in [2.45, 2.75) is 42.7 Å². The maximum absolute atomic E-state index is 12.9. The van der Waals surface area contributed by atoms with Crippen molar-refractivity contribution in [3.8, 4) is 0 Å². The average Bonchev–Trinajstić information content (AvgIpc) is 2.73. The van der Waals surface area contributed by atoms with Crippen molar-refractivity contribution < 1.29 is 22.7 Å². The molecule has 0 aliphatic carbocycles. The van der Waals surface area contributed by atoms with Crippen LogP contribution in [-0.4, -0.2) is 86.3 Å². The van der Waals surface area contributed by atoms with Gasteiger partial charge in [0.1, 0.15) is 6.61 Å². The maximum atomic E-state index is 12.9. The summed E-state index contributed by atoms with van der Waals surface area (Å²) in [7, 11) is -3.23. The van der Waals surface area contributed by atoms with Crippen molar-refractivity contribution in [2.24, 2.45) is 5.92 Å². The quantitative estimate of drug-likeness (QED) is 0.737. The third-order valence-corrected chi connectivity index (χ3v) is 7.30. The molecule has 164 valence electrons. The average molecular weight is 437 g/mol. The molecule has 0 bridgehead atoms. The van der Waals surface area contributed by atoms with Gasteiger partial charge in [-0.1, -0.05) is 0 Å². The number of nitrogens with zero attached hydrogens (tertiary/aromatic N) is 3. The number of ether oxygens (including phenoxy) is 1. The molecule has 3 amide bonds. The van der Waals surface area contributed by atoms with E-state index >= 15 is 0 Å². The lowest BCUT2D eigenvalue weighted by molar-refractivity contribution is -0.139. The first-order valence-electron chi connectivity index (χ1n) is 10.4. The maximum Gasteiger partial charge on any atom is 0.320 e. The SMILES string of the molecule is CS(=O)(=O)c1ccc(CC2CCN(C(=O)N3CC[C@@H]4OCC(=O)N[C@@H]4C3)CC2)nc1. The minimum absolute atomic E-state index is 0.000861. The number of carbonyl (C=O) groups is 2. The van der Waals surface area contributed by atoms with Gasteiger partial charge in [-0.2, -0.15) is 0 Å². The number of amides is 3. The molecule has 3 aliphatic heterocycles. The summed E-state index contributed by atoms with van der Waals surface area (Å²) in [6.07, 6.45) is 5.89. The Kier molecular flexibility index (Phi) is 5.97. The van der Waals surface area contributed by atoms with E-state index in [-0.39, 0.29) is 35.6 Å². The van der Waals surface area contributed by atoms with Crippen molar-refractivity contribution in [3.63, 3.8) is 0 Å². The van der Waals surface area contributed by atoms with E-state index in [2.05, 4.69) is 10.3 Å². The number of sulfone groups is 1. The van der Waals surface area contributed by atoms with Crippen molar-refractivity contribution in [3.05, 3.63) is 24.0 Å². The van der Waals surface area contributed by atoms with Crippen LogP contribution in [0.2, 0.25) is 0 Å². The van der Waals surface area contributed by atoms with Gasteiger partial charge in [0.2, 0.25) is 5.91 Å². The number of piperidine rings is 2. The van der Waals surface area contributed by atoms with Crippen molar-refractivity contribution >= 4 is 21.8 Å². The molecule has 4 heterocycles. The van der Waals surface area contributed by atoms with Gasteiger partial charge in [-0.05, 0) is 43.7 Å². The highest BCUT2D eigenvalue weighted by Crippen LogP contribution is 2.24. The third kappa shape index (κ3) is 4.75. The summed E-state index contributed by atoms with van der Waals surface area (Å²) in [6, 6.07) is 3.29. The number of pyridine rings is 1. The molecule has 10 heteroatoms. The molecule has 3 saturated heterocycles. The normalized spacial score (nSPS) is 25.6. The minimum atomic E-state index is -3.23. The lowest BCUT2D eigenvalue weighted by Crippen LogP contribution is -2.62. The molecule has 0 unspecified atom stereocenters. The summed E-state index contributed by atoms with van der Waals surface area (Å²) < 4.78 is 28.7. The number of morpholine rings is 1. The zero-order valence-electron chi connectivity index (χ0n) is 17.1. The van der Waals surface area contributed by atoms with Crippen LogP contribution in [0.4, 0.5) is 4.79 Å². The molecule has 0 spiro atoms. The fraction of sp³-hybridized carbons (Fsp3) is 0.650. The van der Waals surface area contributed by atoms with Gasteiger partial charge in [-0.15, -0.1) is 0 Å². The molecule has 4 rings (SSSR count). The Morgan fingerprint density at radius 1 is 1.20 bits per heavy atom. The largest absolute Gasteiger partial charge is 0.366 e. The van der Waals surface area contributed by atoms with Gasteiger partial charge >= 0.3 is 6.03 Å². The Bertz CT molecular complexity index is 896. The molecular weight excluding hydrogens is 408 g/mol. The summed E-state index contributed by atoms with van der Waals surface area (Å²) in [5.41, 5.74) is 0.877. The Morgan fingerprint density at radius 2 is 1.93 bits per heavy atom. The van der Waals surface area contributed by atoms with Crippen LogP contribution in [0.3, 0.4) is 0 Å². The molecule has 1 aromatic rings. The first-order chi connectivity index (χ1) is 14.3. The molecule has 9 nitrogen and oxygen atoms in total. The predicted octanol–water partition coefficient (Wildman–Crippen LogP) is 0.449. The third-order valence-electron chi connectivity index (χ3n) is 6.20. The van der Waals surface area contributed by atoms with E-state index in [0.29, 0.717) is 32.1 Å². The topological polar surface area (TPSA) is 109 Å². The van der Waals surface area contributed by atoms with E-state index in [1.165, 1.54) is 12.5 Å². The molecule has 0 radical (unpaired) electrons. The summed E-state index contributed by atoms with van der Waals surface area (Å²) in [5.74, 6) is 0.298. The highest BCUT2D eigenvalue weighted by atomic mass is 32.2. The van der Waals surface area contributed by atoms with E-state index in [1.807, 2.05) is 9.80 Å². The second kappa shape index (κ2) is 8.50. The number of aromatic nitrogens is 1. The standard InChI is InChI=1S/C20H28N4O5S/c1-30(27,28)16-3-2-15(21-11-16)10-14-4-7-23(8-5-14)20(26)24-9-6-18-17(12-24)22-19(25)13-29-18/h2-3,11,14,17-18H,4-10,12-13H2,1H3,(H,22,25)/t17-,18+/m1/s1. The van der Waals surface area contributed by atoms with E-state index in [4.69, 9.17) is 4.74 Å². The van der Waals surface area contributed by atoms with Gasteiger partial charge in [0.15, 0.2) is 9.84 Å². The molecule has 0 aromatic carbocycles. The number of rotatable bonds is 3. The van der Waals surface area contributed by atoms with Crippen LogP contribution >= 0.6 is 0 Å². The van der Waals surface area contributed by atoms with Crippen molar-refractivity contribution in [2.75, 3.05) is 39.0 Å². The zero-order chi connectivity index (χ0) is 21.3. The number of carbonyl (C=O) groups excluding carboxylic acids is 2. The fourth-order valence-corrected chi connectivity index (χ4v) is 5.01. The van der Waals surface area contributed by atoms with Crippen LogP contribution in [0, 0.1) is 5.92 Å². The van der Waals surface area contributed by atoms with E-state index in [1.54, 1.807) is 12.1 Å². The zero-order valence-corrected chi connectivity index (χ0v) is 17.9. The number of hydrogen-bond acceptors (Lipinski definition) is 6. The first-order valence-corrected chi connectivity index (χ1v) is 12.3. The second-order valence-corrected chi connectivity index (χ2v) is 10.4. The van der Waals surface area contributed by atoms with Crippen LogP contribution in [0.1, 0.15) is 25.0 Å². The highest BCUT2D eigenvalue weighted by Gasteiger charge is 2.38. The number of nitrogens with one attached hydrogen (secondary N) is 1. The molecule has 0 saturated carbocycles. The lowest BCUT2D eigenvalue weighted by Gasteiger charge is -2.43. The van der Waals surface area contributed by atoms with Gasteiger partial charge in [0.05, 0.1) is 17.0 Å². The Morgan fingerprint density at radius 3 is 2.60 bits per heavy atom. The Labute approximate surface area is 176 Å². The predicted molar refractivity (Wildman–Crippen MR) is 109 cm³/mol. The molecule has 2 atom stereocenters. The Hall–Kier alpha value is -2.20. The van der Waals surface area contributed by atoms with Gasteiger partial charge in [-0.25, -0.2) is 13.2 Å². The highest BCUT2D eigenvalue weighted by molar-refractivity contribution is 7.90. The number of fused-ring (bicyclic) bond motifs is 1. The molecular formula is C20H28N4O5S. The molecule has 30 heavy (non-hydrogen) atoms. The van der Waals surface area contributed by atoms with E-state index in [9.17, 15) is 18.0 Å². The van der Waals surface area contributed by atoms with Gasteiger partial charge < -0.3 is 19.9 Å². The summed E-state index contributed by atoms with van der Waals surface area (Å²) in [6.45, 7) is 2.63. The van der Waals surface area contributed by atoms with Crippen molar-refractivity contribution in [1.82, 2.24) is 20.1 Å². The lowest BCUT2D eigenvalue weighted by atomic mass is 9.92. The van der Waals surface area contributed by atoms with Gasteiger partial charge in [0, 0.05) is 44.3 Å². The van der Waals surface area contributed by atoms with Crippen LogP contribution in [0.5, 0.6) is 0 Å². The summed E-state index contributed by atoms with van der Waals surface area (Å²) in [4.78, 5) is 32.7. The molecule has 3 fully saturated rings. The van der Waals surface area contributed by atoms with Crippen LogP contribution < -0.4 is 5.32 Å². The second-order valence-electron chi connectivity index (χ2n) is 8.43. The molecule has 1 aromatic heterocycles. The number of likely N-dealkylation sites (tertiary alicyclic amines) is 2. The molecule has 1 N–H and O–H groups in total. The van der Waals surface area contributed by atoms with Gasteiger partial charge in [0.25, 0.3) is 0 Å². The summed E-state index contributed by atoms with van der Waals surface area (Å²) in [5, 5.41) is 2.93. The van der Waals surface area contributed by atoms with Crippen LogP contribution in [-0.2, 0) is 25.8 Å². The smallest absolute Gasteiger partial charge is 0.320 e. The fourth-order valence-electron chi connectivity index (χ4n) is 4.45. The van der Waals surface area contributed by atoms with Crippen molar-refractivity contribution in [1.29, 1.82) is 0 Å². The van der Waals surface area contributed by atoms with Gasteiger partial charge in [-0.3, -0.25) is 9.78 Å². The Balaban J connectivity index is 1.27. The minimum Gasteiger partial charge on any atom is -0.366 e. The van der Waals surface area contributed by atoms with Crippen LogP contribution in [0.25, 0.3) is 0 Å². The van der Waals surface area contributed by atoms with E-state index in [0.717, 1.165) is 31.4 Å². The number of urea groups is 1. The van der Waals surface area contributed by atoms with Crippen LogP contribution in [0.15, 0.2) is 23.2 Å².